The van der Waals surface area contributed by atoms with Gasteiger partial charge in [0.15, 0.2) is 9.84 Å². The Balaban J connectivity index is 2.00. The summed E-state index contributed by atoms with van der Waals surface area (Å²) >= 11 is 0. The second-order valence-electron chi connectivity index (χ2n) is 5.95. The van der Waals surface area contributed by atoms with E-state index in [4.69, 9.17) is 4.74 Å². The molecule has 1 aromatic carbocycles. The average Bonchev–Trinajstić information content (AvgIpc) is 2.98. The van der Waals surface area contributed by atoms with E-state index in [1.165, 1.54) is 6.26 Å². The van der Waals surface area contributed by atoms with E-state index in [0.717, 1.165) is 25.0 Å². The fraction of sp³-hybridized carbons (Fsp3) is 0.562. The summed E-state index contributed by atoms with van der Waals surface area (Å²) < 4.78 is 29.5. The van der Waals surface area contributed by atoms with Gasteiger partial charge in [0.05, 0.1) is 23.2 Å². The van der Waals surface area contributed by atoms with Gasteiger partial charge in [0.25, 0.3) is 0 Å². The third-order valence-electron chi connectivity index (χ3n) is 4.04. The minimum atomic E-state index is -3.37. The Morgan fingerprint density at radius 2 is 2.09 bits per heavy atom. The first-order valence-electron chi connectivity index (χ1n) is 7.71. The largest absolute Gasteiger partial charge is 0.376 e. The minimum absolute atomic E-state index is 0.0255. The third kappa shape index (κ3) is 4.68. The molecule has 1 aliphatic heterocycles. The van der Waals surface area contributed by atoms with Gasteiger partial charge in [-0.1, -0.05) is 6.07 Å². The lowest BCUT2D eigenvalue weighted by molar-refractivity contribution is -0.119. The molecule has 0 aliphatic carbocycles. The average molecular weight is 340 g/mol. The zero-order valence-electron chi connectivity index (χ0n) is 13.8. The van der Waals surface area contributed by atoms with Crippen LogP contribution in [0.3, 0.4) is 0 Å². The topological polar surface area (TPSA) is 84.5 Å². The van der Waals surface area contributed by atoms with Gasteiger partial charge in [-0.15, -0.1) is 0 Å². The summed E-state index contributed by atoms with van der Waals surface area (Å²) in [5.41, 5.74) is 2.07. The second kappa shape index (κ2) is 7.31. The highest BCUT2D eigenvalue weighted by atomic mass is 32.2. The van der Waals surface area contributed by atoms with Gasteiger partial charge in [0.2, 0.25) is 5.91 Å². The summed E-state index contributed by atoms with van der Waals surface area (Å²) in [6, 6.07) is 3.54. The number of hydrogen-bond acceptors (Lipinski definition) is 5. The molecule has 0 spiro atoms. The molecular formula is C16H24N2O4S. The Bertz CT molecular complexity index is 680. The lowest BCUT2D eigenvalue weighted by Crippen LogP contribution is -2.35. The first-order chi connectivity index (χ1) is 10.8. The molecule has 1 atom stereocenters. The number of benzene rings is 1. The number of nitrogens with one attached hydrogen (secondary N) is 2. The lowest BCUT2D eigenvalue weighted by Gasteiger charge is -2.15. The number of carbonyl (C=O) groups is 1. The predicted molar refractivity (Wildman–Crippen MR) is 89.5 cm³/mol. The maximum atomic E-state index is 12.0. The van der Waals surface area contributed by atoms with Crippen molar-refractivity contribution in [3.8, 4) is 0 Å². The molecule has 23 heavy (non-hydrogen) atoms. The van der Waals surface area contributed by atoms with Gasteiger partial charge >= 0.3 is 0 Å². The van der Waals surface area contributed by atoms with Gasteiger partial charge in [0.1, 0.15) is 0 Å². The van der Waals surface area contributed by atoms with Crippen LogP contribution < -0.4 is 10.6 Å². The molecule has 1 aliphatic rings. The van der Waals surface area contributed by atoms with Crippen molar-refractivity contribution in [2.24, 2.45) is 0 Å². The van der Waals surface area contributed by atoms with Crippen molar-refractivity contribution in [1.82, 2.24) is 5.32 Å². The maximum Gasteiger partial charge on any atom is 0.239 e. The first kappa shape index (κ1) is 17.7. The molecule has 1 unspecified atom stereocenters. The van der Waals surface area contributed by atoms with Crippen LogP contribution in [0.15, 0.2) is 17.0 Å². The molecule has 2 N–H and O–H groups in total. The van der Waals surface area contributed by atoms with E-state index in [9.17, 15) is 13.2 Å². The van der Waals surface area contributed by atoms with Crippen molar-refractivity contribution in [2.75, 3.05) is 31.3 Å². The smallest absolute Gasteiger partial charge is 0.239 e. The van der Waals surface area contributed by atoms with Crippen LogP contribution in [-0.2, 0) is 19.4 Å². The zero-order valence-corrected chi connectivity index (χ0v) is 14.6. The van der Waals surface area contributed by atoms with Gasteiger partial charge in [0, 0.05) is 19.4 Å². The summed E-state index contributed by atoms with van der Waals surface area (Å²) in [6.07, 6.45) is 3.26. The molecule has 0 bridgehead atoms. The number of rotatable bonds is 6. The van der Waals surface area contributed by atoms with E-state index in [2.05, 4.69) is 10.6 Å². The maximum absolute atomic E-state index is 12.0. The highest BCUT2D eigenvalue weighted by molar-refractivity contribution is 7.91. The Kier molecular flexibility index (Phi) is 5.64. The highest BCUT2D eigenvalue weighted by Gasteiger charge is 2.19. The van der Waals surface area contributed by atoms with Crippen LogP contribution in [0.4, 0.5) is 5.69 Å². The molecule has 6 nitrogen and oxygen atoms in total. The van der Waals surface area contributed by atoms with Crippen molar-refractivity contribution >= 4 is 21.4 Å². The van der Waals surface area contributed by atoms with Gasteiger partial charge in [-0.3, -0.25) is 4.79 Å². The minimum Gasteiger partial charge on any atom is -0.376 e. The van der Waals surface area contributed by atoms with Crippen LogP contribution in [0.1, 0.15) is 24.0 Å². The SMILES string of the molecule is Cc1ccc(NCC(=O)NCC2CCCO2)c(S(C)(=O)=O)c1C. The number of carbonyl (C=O) groups excluding carboxylic acids is 1. The van der Waals surface area contributed by atoms with Gasteiger partial charge in [-0.25, -0.2) is 8.42 Å². The van der Waals surface area contributed by atoms with Gasteiger partial charge < -0.3 is 15.4 Å². The molecule has 7 heteroatoms. The van der Waals surface area contributed by atoms with Crippen LogP contribution in [0.25, 0.3) is 0 Å². The van der Waals surface area contributed by atoms with E-state index in [1.807, 2.05) is 13.0 Å². The number of sulfone groups is 1. The summed E-state index contributed by atoms with van der Waals surface area (Å²) in [6.45, 7) is 4.90. The molecule has 1 amide bonds. The highest BCUT2D eigenvalue weighted by Crippen LogP contribution is 2.27. The number of hydrogen-bond donors (Lipinski definition) is 2. The van der Waals surface area contributed by atoms with E-state index in [0.29, 0.717) is 17.8 Å². The van der Waals surface area contributed by atoms with Crippen molar-refractivity contribution in [2.45, 2.75) is 37.7 Å². The standard InChI is InChI=1S/C16H24N2O4S/c1-11-6-7-14(16(12(11)2)23(3,20)21)17-10-15(19)18-9-13-5-4-8-22-13/h6-7,13,17H,4-5,8-10H2,1-3H3,(H,18,19). The van der Waals surface area contributed by atoms with Crippen LogP contribution in [0, 0.1) is 13.8 Å². The number of anilines is 1. The molecule has 1 heterocycles. The molecule has 0 saturated carbocycles. The Labute approximate surface area is 137 Å². The molecule has 128 valence electrons. The van der Waals surface area contributed by atoms with Crippen molar-refractivity contribution < 1.29 is 17.9 Å². The van der Waals surface area contributed by atoms with Gasteiger partial charge in [-0.2, -0.15) is 0 Å². The van der Waals surface area contributed by atoms with Crippen LogP contribution in [-0.4, -0.2) is 46.4 Å². The lowest BCUT2D eigenvalue weighted by atomic mass is 10.1. The van der Waals surface area contributed by atoms with E-state index in [-0.39, 0.29) is 23.5 Å². The molecule has 1 saturated heterocycles. The summed E-state index contributed by atoms with van der Waals surface area (Å²) in [5, 5.41) is 5.73. The quantitative estimate of drug-likeness (QED) is 0.818. The predicted octanol–water partition coefficient (Wildman–Crippen LogP) is 1.41. The molecule has 1 fully saturated rings. The molecule has 1 aromatic rings. The van der Waals surface area contributed by atoms with E-state index in [1.54, 1.807) is 13.0 Å². The normalized spacial score (nSPS) is 18.0. The van der Waals surface area contributed by atoms with E-state index < -0.39 is 9.84 Å². The first-order valence-corrected chi connectivity index (χ1v) is 9.60. The third-order valence-corrected chi connectivity index (χ3v) is 5.31. The molecule has 2 rings (SSSR count). The van der Waals surface area contributed by atoms with Crippen molar-refractivity contribution in [3.05, 3.63) is 23.3 Å². The summed E-state index contributed by atoms with van der Waals surface area (Å²) in [4.78, 5) is 12.2. The summed E-state index contributed by atoms with van der Waals surface area (Å²) in [5.74, 6) is -0.182. The number of amides is 1. The van der Waals surface area contributed by atoms with Crippen molar-refractivity contribution in [1.29, 1.82) is 0 Å². The zero-order chi connectivity index (χ0) is 17.0. The molecule has 0 aromatic heterocycles. The Hall–Kier alpha value is -1.60. The molecular weight excluding hydrogens is 316 g/mol. The number of aryl methyl sites for hydroxylation is 1. The Morgan fingerprint density at radius 1 is 1.35 bits per heavy atom. The van der Waals surface area contributed by atoms with Crippen molar-refractivity contribution in [3.63, 3.8) is 0 Å². The fourth-order valence-electron chi connectivity index (χ4n) is 2.68. The van der Waals surface area contributed by atoms with Gasteiger partial charge in [-0.05, 0) is 43.9 Å². The number of ether oxygens (including phenoxy) is 1. The monoisotopic (exact) mass is 340 g/mol. The van der Waals surface area contributed by atoms with Crippen LogP contribution >= 0.6 is 0 Å². The van der Waals surface area contributed by atoms with E-state index >= 15 is 0 Å². The van der Waals surface area contributed by atoms with Crippen LogP contribution in [0.5, 0.6) is 0 Å². The molecule has 0 radical (unpaired) electrons. The van der Waals surface area contributed by atoms with Crippen LogP contribution in [0.2, 0.25) is 0 Å². The second-order valence-corrected chi connectivity index (χ2v) is 7.90. The summed E-state index contributed by atoms with van der Waals surface area (Å²) in [7, 11) is -3.37. The Morgan fingerprint density at radius 3 is 2.70 bits per heavy atom. The fourth-order valence-corrected chi connectivity index (χ4v) is 3.93.